The summed E-state index contributed by atoms with van der Waals surface area (Å²) in [5.41, 5.74) is 9.40. The molecule has 4 aromatic heterocycles. The fraction of sp³-hybridized carbons (Fsp3) is 0. The standard InChI is InChI=1S/C37H23N3/c1-2-10-24(11-3-1)26-18-27(23-38-22-26)39-34-16-8-6-14-29(34)31-20-32-30(21-37(31)39)28-13-5-9-17-35(28)40-33-15-7-4-12-25(33)19-36(32)40/h1-23H. The maximum Gasteiger partial charge on any atom is 0.0651 e. The predicted octanol–water partition coefficient (Wildman–Crippen LogP) is 9.56. The fourth-order valence-corrected chi connectivity index (χ4v) is 6.58. The number of aromatic nitrogens is 3. The molecule has 0 bridgehead atoms. The van der Waals surface area contributed by atoms with Crippen LogP contribution in [0.25, 0.3) is 76.7 Å². The first-order valence-corrected chi connectivity index (χ1v) is 13.6. The van der Waals surface area contributed by atoms with Crippen LogP contribution >= 0.6 is 0 Å². The van der Waals surface area contributed by atoms with Gasteiger partial charge in [-0.15, -0.1) is 0 Å². The minimum Gasteiger partial charge on any atom is -0.309 e. The summed E-state index contributed by atoms with van der Waals surface area (Å²) >= 11 is 0. The molecule has 3 nitrogen and oxygen atoms in total. The van der Waals surface area contributed by atoms with Crippen molar-refractivity contribution in [2.45, 2.75) is 0 Å². The second-order valence-corrected chi connectivity index (χ2v) is 10.5. The molecule has 5 aromatic carbocycles. The first-order chi connectivity index (χ1) is 19.8. The van der Waals surface area contributed by atoms with Gasteiger partial charge in [0.1, 0.15) is 0 Å². The largest absolute Gasteiger partial charge is 0.309 e. The van der Waals surface area contributed by atoms with E-state index in [0.29, 0.717) is 0 Å². The lowest BCUT2D eigenvalue weighted by Crippen LogP contribution is -1.96. The Morgan fingerprint density at radius 1 is 0.400 bits per heavy atom. The van der Waals surface area contributed by atoms with Crippen molar-refractivity contribution in [2.24, 2.45) is 0 Å². The van der Waals surface area contributed by atoms with Crippen LogP contribution in [0.15, 0.2) is 140 Å². The predicted molar refractivity (Wildman–Crippen MR) is 167 cm³/mol. The van der Waals surface area contributed by atoms with E-state index in [1.165, 1.54) is 59.9 Å². The topological polar surface area (TPSA) is 22.2 Å². The number of para-hydroxylation sites is 3. The Hall–Kier alpha value is -5.41. The third-order valence-corrected chi connectivity index (χ3v) is 8.32. The fourth-order valence-electron chi connectivity index (χ4n) is 6.58. The van der Waals surface area contributed by atoms with Crippen LogP contribution in [0.3, 0.4) is 0 Å². The molecule has 0 aliphatic carbocycles. The summed E-state index contributed by atoms with van der Waals surface area (Å²) < 4.78 is 4.79. The summed E-state index contributed by atoms with van der Waals surface area (Å²) in [6.07, 6.45) is 3.92. The highest BCUT2D eigenvalue weighted by atomic mass is 15.0. The summed E-state index contributed by atoms with van der Waals surface area (Å²) in [5, 5.41) is 7.52. The van der Waals surface area contributed by atoms with Gasteiger partial charge < -0.3 is 8.97 Å². The molecular formula is C37H23N3. The van der Waals surface area contributed by atoms with Crippen LogP contribution in [0, 0.1) is 0 Å². The Labute approximate surface area is 230 Å². The molecule has 40 heavy (non-hydrogen) atoms. The highest BCUT2D eigenvalue weighted by molar-refractivity contribution is 6.22. The van der Waals surface area contributed by atoms with E-state index in [9.17, 15) is 0 Å². The van der Waals surface area contributed by atoms with Gasteiger partial charge >= 0.3 is 0 Å². The maximum atomic E-state index is 4.68. The van der Waals surface area contributed by atoms with Crippen molar-refractivity contribution in [3.63, 3.8) is 0 Å². The van der Waals surface area contributed by atoms with Gasteiger partial charge in [-0.25, -0.2) is 0 Å². The molecule has 0 atom stereocenters. The van der Waals surface area contributed by atoms with Crippen LogP contribution in [0.2, 0.25) is 0 Å². The molecule has 0 aliphatic rings. The van der Waals surface area contributed by atoms with Gasteiger partial charge in [-0.1, -0.05) is 84.9 Å². The molecule has 0 saturated heterocycles. The van der Waals surface area contributed by atoms with Crippen LogP contribution in [-0.2, 0) is 0 Å². The van der Waals surface area contributed by atoms with Gasteiger partial charge in [0.25, 0.3) is 0 Å². The molecule has 0 spiro atoms. The van der Waals surface area contributed by atoms with E-state index in [1.807, 2.05) is 18.5 Å². The number of hydrogen-bond acceptors (Lipinski definition) is 1. The summed E-state index contributed by atoms with van der Waals surface area (Å²) in [5.74, 6) is 0. The van der Waals surface area contributed by atoms with Gasteiger partial charge in [0.05, 0.1) is 39.5 Å². The lowest BCUT2D eigenvalue weighted by Gasteiger charge is -2.13. The molecule has 9 rings (SSSR count). The van der Waals surface area contributed by atoms with E-state index in [0.717, 1.165) is 16.8 Å². The van der Waals surface area contributed by atoms with Crippen molar-refractivity contribution in [1.29, 1.82) is 0 Å². The molecule has 0 radical (unpaired) electrons. The van der Waals surface area contributed by atoms with Gasteiger partial charge in [0.2, 0.25) is 0 Å². The molecule has 0 N–H and O–H groups in total. The molecule has 0 saturated carbocycles. The van der Waals surface area contributed by atoms with Crippen molar-refractivity contribution in [3.05, 3.63) is 140 Å². The van der Waals surface area contributed by atoms with Gasteiger partial charge in [0.15, 0.2) is 0 Å². The maximum absolute atomic E-state index is 4.68. The molecule has 186 valence electrons. The third-order valence-electron chi connectivity index (χ3n) is 8.32. The SMILES string of the molecule is c1ccc(-c2cncc(-n3c4ccccc4c4cc5c(cc43)c3ccccc3n3c4ccccc4cc53)c2)cc1. The zero-order chi connectivity index (χ0) is 26.2. The van der Waals surface area contributed by atoms with E-state index in [-0.39, 0.29) is 0 Å². The van der Waals surface area contributed by atoms with Gasteiger partial charge in [0, 0.05) is 38.7 Å². The summed E-state index contributed by atoms with van der Waals surface area (Å²) in [6, 6.07) is 46.0. The second kappa shape index (κ2) is 8.05. The zero-order valence-corrected chi connectivity index (χ0v) is 21.6. The monoisotopic (exact) mass is 509 g/mol. The van der Waals surface area contributed by atoms with Crippen LogP contribution in [0.5, 0.6) is 0 Å². The molecule has 0 fully saturated rings. The van der Waals surface area contributed by atoms with E-state index in [4.69, 9.17) is 0 Å². The number of fused-ring (bicyclic) bond motifs is 11. The van der Waals surface area contributed by atoms with Crippen molar-refractivity contribution in [2.75, 3.05) is 0 Å². The first kappa shape index (κ1) is 21.5. The lowest BCUT2D eigenvalue weighted by atomic mass is 10.0. The van der Waals surface area contributed by atoms with E-state index in [2.05, 4.69) is 135 Å². The Morgan fingerprint density at radius 3 is 1.93 bits per heavy atom. The minimum atomic E-state index is 1.06. The van der Waals surface area contributed by atoms with Crippen LogP contribution in [-0.4, -0.2) is 14.0 Å². The normalized spacial score (nSPS) is 12.0. The van der Waals surface area contributed by atoms with Crippen molar-refractivity contribution < 1.29 is 0 Å². The van der Waals surface area contributed by atoms with E-state index < -0.39 is 0 Å². The van der Waals surface area contributed by atoms with Gasteiger partial charge in [-0.2, -0.15) is 0 Å². The summed E-state index contributed by atoms with van der Waals surface area (Å²) in [4.78, 5) is 4.68. The number of rotatable bonds is 2. The van der Waals surface area contributed by atoms with Crippen molar-refractivity contribution in [1.82, 2.24) is 14.0 Å². The molecule has 0 unspecified atom stereocenters. The first-order valence-electron chi connectivity index (χ1n) is 13.6. The molecule has 3 heteroatoms. The van der Waals surface area contributed by atoms with Crippen LogP contribution in [0.1, 0.15) is 0 Å². The average molecular weight is 510 g/mol. The zero-order valence-electron chi connectivity index (χ0n) is 21.6. The highest BCUT2D eigenvalue weighted by Gasteiger charge is 2.18. The average Bonchev–Trinajstić information content (AvgIpc) is 3.57. The smallest absolute Gasteiger partial charge is 0.0651 e. The van der Waals surface area contributed by atoms with Crippen LogP contribution < -0.4 is 0 Å². The van der Waals surface area contributed by atoms with E-state index >= 15 is 0 Å². The Balaban J connectivity index is 1.45. The summed E-state index contributed by atoms with van der Waals surface area (Å²) in [6.45, 7) is 0. The number of nitrogens with zero attached hydrogens (tertiary/aromatic N) is 3. The molecule has 0 amide bonds. The van der Waals surface area contributed by atoms with E-state index in [1.54, 1.807) is 0 Å². The molecule has 9 aromatic rings. The third kappa shape index (κ3) is 2.92. The molecular weight excluding hydrogens is 486 g/mol. The highest BCUT2D eigenvalue weighted by Crippen LogP contribution is 2.40. The minimum absolute atomic E-state index is 1.06. The Kier molecular flexibility index (Phi) is 4.33. The number of benzene rings is 5. The van der Waals surface area contributed by atoms with Crippen molar-refractivity contribution >= 4 is 59.9 Å². The Bertz CT molecular complexity index is 2430. The van der Waals surface area contributed by atoms with Gasteiger partial charge in [-0.05, 0) is 53.4 Å². The number of pyridine rings is 2. The lowest BCUT2D eigenvalue weighted by molar-refractivity contribution is 1.14. The van der Waals surface area contributed by atoms with Crippen molar-refractivity contribution in [3.8, 4) is 16.8 Å². The molecule has 0 aliphatic heterocycles. The number of hydrogen-bond donors (Lipinski definition) is 0. The Morgan fingerprint density at radius 2 is 1.07 bits per heavy atom. The van der Waals surface area contributed by atoms with Gasteiger partial charge in [-0.3, -0.25) is 4.98 Å². The molecule has 4 heterocycles. The quantitative estimate of drug-likeness (QED) is 0.213. The second-order valence-electron chi connectivity index (χ2n) is 10.5. The van der Waals surface area contributed by atoms with Crippen LogP contribution in [0.4, 0.5) is 0 Å². The summed E-state index contributed by atoms with van der Waals surface area (Å²) in [7, 11) is 0.